The zero-order chi connectivity index (χ0) is 22.7. The number of nitrogens with zero attached hydrogens (tertiary/aromatic N) is 1. The number of aromatic nitrogens is 1. The minimum absolute atomic E-state index is 0.244. The fraction of sp³-hybridized carbons (Fsp3) is 0.389. The van der Waals surface area contributed by atoms with E-state index in [1.54, 1.807) is 13.8 Å². The number of rotatable bonds is 3. The number of hydrogen-bond donors (Lipinski definition) is 5. The van der Waals surface area contributed by atoms with E-state index in [0.29, 0.717) is 9.63 Å². The van der Waals surface area contributed by atoms with Gasteiger partial charge >= 0.3 is 12.1 Å². The molecule has 31 heavy (non-hydrogen) atoms. The molecular weight excluding hydrogens is 459 g/mol. The fourth-order valence-corrected chi connectivity index (χ4v) is 6.17. The zero-order valence-corrected chi connectivity index (χ0v) is 17.7. The summed E-state index contributed by atoms with van der Waals surface area (Å²) in [6.45, 7) is 3.60. The largest absolute Gasteiger partial charge is 0.507 e. The number of carbonyl (C=O) groups is 1. The van der Waals surface area contributed by atoms with Gasteiger partial charge in [0.05, 0.1) is 10.9 Å². The molecule has 4 rings (SSSR count). The van der Waals surface area contributed by atoms with Gasteiger partial charge in [-0.25, -0.2) is 4.79 Å². The number of alkyl halides is 3. The van der Waals surface area contributed by atoms with Crippen molar-refractivity contribution in [2.75, 3.05) is 5.32 Å². The lowest BCUT2D eigenvalue weighted by atomic mass is 10.0. The maximum Gasteiger partial charge on any atom is 0.420 e. The number of anilines is 1. The second-order valence-electron chi connectivity index (χ2n) is 7.54. The Morgan fingerprint density at radius 2 is 1.81 bits per heavy atom. The van der Waals surface area contributed by atoms with Crippen LogP contribution in [0.15, 0.2) is 29.2 Å². The molecule has 0 radical (unpaired) electrons. The molecule has 3 atom stereocenters. The Balaban J connectivity index is 1.50. The first-order valence-electron chi connectivity index (χ1n) is 9.00. The Morgan fingerprint density at radius 1 is 1.16 bits per heavy atom. The number of thioether (sulfide) groups is 2. The standard InChI is InChI=1S/C18H18F3N3O5S2/c1-17(2)13(16(28)29-24-11(26)3-4-12(24)27)23-15(31-17)14-22-8-5-7(18(19,20)21)9(25)6-10(8)30-14/h3-6,13-15,22-23,25-27H,1-2H3. The van der Waals surface area contributed by atoms with Gasteiger partial charge in [-0.2, -0.15) is 13.2 Å². The molecule has 0 amide bonds. The molecule has 2 aliphatic heterocycles. The van der Waals surface area contributed by atoms with Crippen LogP contribution >= 0.6 is 23.5 Å². The molecule has 3 unspecified atom stereocenters. The number of phenolic OH excluding ortho intramolecular Hbond substituents is 1. The van der Waals surface area contributed by atoms with Gasteiger partial charge < -0.3 is 25.5 Å². The first-order valence-corrected chi connectivity index (χ1v) is 10.8. The third-order valence-electron chi connectivity index (χ3n) is 4.90. The second kappa shape index (κ2) is 7.35. The fourth-order valence-electron chi connectivity index (χ4n) is 3.40. The summed E-state index contributed by atoms with van der Waals surface area (Å²) in [5, 5.41) is 34.4. The monoisotopic (exact) mass is 477 g/mol. The van der Waals surface area contributed by atoms with Crippen molar-refractivity contribution >= 4 is 35.2 Å². The summed E-state index contributed by atoms with van der Waals surface area (Å²) in [4.78, 5) is 18.2. The highest BCUT2D eigenvalue weighted by Crippen LogP contribution is 2.50. The summed E-state index contributed by atoms with van der Waals surface area (Å²) >= 11 is 2.63. The molecular formula is C18H18F3N3O5S2. The minimum Gasteiger partial charge on any atom is -0.507 e. The van der Waals surface area contributed by atoms with Crippen LogP contribution in [0.3, 0.4) is 0 Å². The van der Waals surface area contributed by atoms with Crippen molar-refractivity contribution in [2.24, 2.45) is 0 Å². The van der Waals surface area contributed by atoms with Crippen LogP contribution in [0.1, 0.15) is 19.4 Å². The molecule has 8 nitrogen and oxygen atoms in total. The Kier molecular flexibility index (Phi) is 5.17. The van der Waals surface area contributed by atoms with Gasteiger partial charge in [0.1, 0.15) is 17.2 Å². The van der Waals surface area contributed by atoms with Gasteiger partial charge in [0.25, 0.3) is 0 Å². The van der Waals surface area contributed by atoms with Crippen molar-refractivity contribution in [1.29, 1.82) is 0 Å². The summed E-state index contributed by atoms with van der Waals surface area (Å²) < 4.78 is 39.1. The molecule has 2 aliphatic rings. The predicted octanol–water partition coefficient (Wildman–Crippen LogP) is 2.93. The first-order chi connectivity index (χ1) is 14.4. The molecule has 0 saturated carbocycles. The van der Waals surface area contributed by atoms with Crippen LogP contribution in [0.4, 0.5) is 18.9 Å². The summed E-state index contributed by atoms with van der Waals surface area (Å²) in [7, 11) is 0. The van der Waals surface area contributed by atoms with E-state index >= 15 is 0 Å². The number of phenols is 1. The van der Waals surface area contributed by atoms with Crippen LogP contribution in [-0.4, -0.2) is 47.6 Å². The Morgan fingerprint density at radius 3 is 2.42 bits per heavy atom. The van der Waals surface area contributed by atoms with Crippen molar-refractivity contribution in [3.8, 4) is 17.5 Å². The third kappa shape index (κ3) is 3.96. The molecule has 168 valence electrons. The summed E-state index contributed by atoms with van der Waals surface area (Å²) in [6.07, 6.45) is -4.68. The van der Waals surface area contributed by atoms with Gasteiger partial charge in [0, 0.05) is 27.5 Å². The van der Waals surface area contributed by atoms with Crippen LogP contribution in [-0.2, 0) is 11.0 Å². The van der Waals surface area contributed by atoms with E-state index in [2.05, 4.69) is 10.6 Å². The van der Waals surface area contributed by atoms with Gasteiger partial charge in [-0.1, -0.05) is 11.8 Å². The van der Waals surface area contributed by atoms with E-state index in [4.69, 9.17) is 4.84 Å². The minimum atomic E-state index is -4.68. The predicted molar refractivity (Wildman–Crippen MR) is 108 cm³/mol. The quantitative estimate of drug-likeness (QED) is 0.426. The van der Waals surface area contributed by atoms with Crippen LogP contribution in [0.2, 0.25) is 0 Å². The molecule has 1 fully saturated rings. The molecule has 0 aliphatic carbocycles. The van der Waals surface area contributed by atoms with Crippen LogP contribution in [0, 0.1) is 0 Å². The lowest BCUT2D eigenvalue weighted by Crippen LogP contribution is -2.50. The number of carbonyl (C=O) groups excluding carboxylic acids is 1. The van der Waals surface area contributed by atoms with Gasteiger partial charge in [0.15, 0.2) is 0 Å². The number of hydrogen-bond acceptors (Lipinski definition) is 9. The second-order valence-corrected chi connectivity index (χ2v) is 10.5. The van der Waals surface area contributed by atoms with Crippen LogP contribution in [0.5, 0.6) is 17.5 Å². The van der Waals surface area contributed by atoms with Gasteiger partial charge in [-0.05, 0) is 26.0 Å². The Bertz CT molecular complexity index is 1020. The summed E-state index contributed by atoms with van der Waals surface area (Å²) in [6, 6.07) is 3.42. The maximum atomic E-state index is 13.1. The first kappa shape index (κ1) is 21.8. The normalized spacial score (nSPS) is 24.6. The molecule has 0 spiro atoms. The average Bonchev–Trinajstić information content (AvgIpc) is 3.30. The summed E-state index contributed by atoms with van der Waals surface area (Å²) in [5.41, 5.74) is -0.881. The summed E-state index contributed by atoms with van der Waals surface area (Å²) in [5.74, 6) is -2.50. The average molecular weight is 477 g/mol. The highest BCUT2D eigenvalue weighted by molar-refractivity contribution is 8.05. The molecule has 1 aromatic heterocycles. The van der Waals surface area contributed by atoms with Crippen molar-refractivity contribution in [1.82, 2.24) is 10.0 Å². The van der Waals surface area contributed by atoms with Gasteiger partial charge in [-0.15, -0.1) is 16.5 Å². The highest BCUT2D eigenvalue weighted by Gasteiger charge is 2.50. The number of benzene rings is 1. The smallest absolute Gasteiger partial charge is 0.420 e. The lowest BCUT2D eigenvalue weighted by molar-refractivity contribution is -0.148. The Hall–Kier alpha value is -2.38. The Labute approximate surface area is 182 Å². The van der Waals surface area contributed by atoms with E-state index in [1.807, 2.05) is 0 Å². The van der Waals surface area contributed by atoms with Gasteiger partial charge in [-0.3, -0.25) is 5.32 Å². The molecule has 1 saturated heterocycles. The highest BCUT2D eigenvalue weighted by atomic mass is 32.2. The van der Waals surface area contributed by atoms with Crippen LogP contribution < -0.4 is 15.5 Å². The maximum absolute atomic E-state index is 13.1. The third-order valence-corrected chi connectivity index (χ3v) is 7.81. The van der Waals surface area contributed by atoms with E-state index in [1.165, 1.54) is 23.5 Å². The molecule has 5 N–H and O–H groups in total. The van der Waals surface area contributed by atoms with Crippen molar-refractivity contribution in [3.63, 3.8) is 0 Å². The van der Waals surface area contributed by atoms with E-state index < -0.39 is 56.8 Å². The van der Waals surface area contributed by atoms with Crippen molar-refractivity contribution < 1.29 is 38.1 Å². The van der Waals surface area contributed by atoms with Gasteiger partial charge in [0.2, 0.25) is 11.8 Å². The molecule has 13 heteroatoms. The van der Waals surface area contributed by atoms with Crippen LogP contribution in [0.25, 0.3) is 0 Å². The number of aromatic hydroxyl groups is 3. The molecule has 0 bridgehead atoms. The number of fused-ring (bicyclic) bond motifs is 1. The zero-order valence-electron chi connectivity index (χ0n) is 16.1. The van der Waals surface area contributed by atoms with E-state index in [0.717, 1.165) is 24.3 Å². The van der Waals surface area contributed by atoms with E-state index in [-0.39, 0.29) is 5.69 Å². The van der Waals surface area contributed by atoms with E-state index in [9.17, 15) is 33.3 Å². The number of nitrogens with one attached hydrogen (secondary N) is 2. The SMILES string of the molecule is CC1(C)SC(C2Nc3cc(C(F)(F)F)c(O)cc3S2)NC1C(=O)On1c(O)ccc1O. The molecule has 2 aromatic rings. The topological polar surface area (TPSA) is 116 Å². The molecule has 1 aromatic carbocycles. The van der Waals surface area contributed by atoms with Crippen molar-refractivity contribution in [2.45, 2.75) is 46.5 Å². The van der Waals surface area contributed by atoms with Crippen molar-refractivity contribution in [3.05, 3.63) is 29.8 Å². The lowest BCUT2D eigenvalue weighted by Gasteiger charge is -2.23. The molecule has 3 heterocycles. The number of halogens is 3.